The Labute approximate surface area is 130 Å². The quantitative estimate of drug-likeness (QED) is 0.783. The van der Waals surface area contributed by atoms with Gasteiger partial charge in [0.1, 0.15) is 4.83 Å². The van der Waals surface area contributed by atoms with E-state index in [1.165, 1.54) is 24.1 Å². The number of thiophene rings is 1. The maximum atomic E-state index is 5.98. The van der Waals surface area contributed by atoms with E-state index >= 15 is 0 Å². The smallest absolute Gasteiger partial charge is 0.227 e. The highest BCUT2D eigenvalue weighted by Crippen LogP contribution is 2.31. The van der Waals surface area contributed by atoms with E-state index in [-0.39, 0.29) is 0 Å². The van der Waals surface area contributed by atoms with Gasteiger partial charge in [0.2, 0.25) is 11.8 Å². The minimum Gasteiger partial charge on any atom is -0.477 e. The number of anilines is 1. The Kier molecular flexibility index (Phi) is 5.79. The predicted molar refractivity (Wildman–Crippen MR) is 90.0 cm³/mol. The molecule has 2 aromatic heterocycles. The molecule has 116 valence electrons. The average Bonchev–Trinajstić information content (AvgIpc) is 2.90. The summed E-state index contributed by atoms with van der Waals surface area (Å²) in [5, 5.41) is 0.997. The molecule has 0 radical (unpaired) electrons. The van der Waals surface area contributed by atoms with E-state index < -0.39 is 0 Å². The number of nitrogens with zero attached hydrogens (tertiary/aromatic N) is 2. The number of ether oxygens (including phenoxy) is 1. The standard InChI is InChI=1S/C16H25N3OS/c1-4-7-8-11(5-2)10-20-14-13-9-12(6-3)21-15(13)19-16(17)18-14/h9,11H,4-8,10H2,1-3H3,(H2,17,18,19). The van der Waals surface area contributed by atoms with Crippen molar-refractivity contribution in [3.63, 3.8) is 0 Å². The molecule has 4 nitrogen and oxygen atoms in total. The van der Waals surface area contributed by atoms with Gasteiger partial charge < -0.3 is 10.5 Å². The van der Waals surface area contributed by atoms with Crippen LogP contribution in [0.25, 0.3) is 10.2 Å². The van der Waals surface area contributed by atoms with Crippen molar-refractivity contribution in [3.05, 3.63) is 10.9 Å². The van der Waals surface area contributed by atoms with Crippen molar-refractivity contribution in [2.24, 2.45) is 5.92 Å². The topological polar surface area (TPSA) is 61.0 Å². The van der Waals surface area contributed by atoms with Crippen LogP contribution in [0.2, 0.25) is 0 Å². The van der Waals surface area contributed by atoms with Gasteiger partial charge in [-0.2, -0.15) is 4.98 Å². The molecular formula is C16H25N3OS. The molecule has 5 heteroatoms. The summed E-state index contributed by atoms with van der Waals surface area (Å²) >= 11 is 1.67. The van der Waals surface area contributed by atoms with E-state index in [0.29, 0.717) is 24.4 Å². The SMILES string of the molecule is CCCCC(CC)COc1nc(N)nc2sc(CC)cc12. The molecular weight excluding hydrogens is 282 g/mol. The van der Waals surface area contributed by atoms with Gasteiger partial charge in [-0.1, -0.05) is 40.0 Å². The number of aryl methyl sites for hydroxylation is 1. The number of nitrogen functional groups attached to an aromatic ring is 1. The van der Waals surface area contributed by atoms with Crippen molar-refractivity contribution in [3.8, 4) is 5.88 Å². The summed E-state index contributed by atoms with van der Waals surface area (Å²) in [5.74, 6) is 1.52. The van der Waals surface area contributed by atoms with Gasteiger partial charge in [-0.05, 0) is 24.8 Å². The van der Waals surface area contributed by atoms with Crippen molar-refractivity contribution in [1.82, 2.24) is 9.97 Å². The highest BCUT2D eigenvalue weighted by molar-refractivity contribution is 7.18. The van der Waals surface area contributed by atoms with Gasteiger partial charge in [-0.3, -0.25) is 0 Å². The van der Waals surface area contributed by atoms with Crippen LogP contribution in [0.15, 0.2) is 6.07 Å². The molecule has 2 heterocycles. The number of aromatic nitrogens is 2. The van der Waals surface area contributed by atoms with Crippen LogP contribution >= 0.6 is 11.3 Å². The Morgan fingerprint density at radius 3 is 2.76 bits per heavy atom. The molecule has 21 heavy (non-hydrogen) atoms. The third-order valence-corrected chi connectivity index (χ3v) is 4.95. The number of hydrogen-bond donors (Lipinski definition) is 1. The Morgan fingerprint density at radius 2 is 2.10 bits per heavy atom. The van der Waals surface area contributed by atoms with Crippen LogP contribution in [0, 0.1) is 5.92 Å². The van der Waals surface area contributed by atoms with Crippen molar-refractivity contribution in [2.45, 2.75) is 52.9 Å². The first-order chi connectivity index (χ1) is 10.2. The van der Waals surface area contributed by atoms with E-state index in [9.17, 15) is 0 Å². The summed E-state index contributed by atoms with van der Waals surface area (Å²) < 4.78 is 5.98. The summed E-state index contributed by atoms with van der Waals surface area (Å²) in [4.78, 5) is 10.8. The zero-order chi connectivity index (χ0) is 15.2. The maximum Gasteiger partial charge on any atom is 0.227 e. The molecule has 0 fully saturated rings. The minimum atomic E-state index is 0.295. The first-order valence-corrected chi connectivity index (χ1v) is 8.68. The Balaban J connectivity index is 2.15. The minimum absolute atomic E-state index is 0.295. The van der Waals surface area contributed by atoms with Crippen molar-refractivity contribution in [2.75, 3.05) is 12.3 Å². The molecule has 2 N–H and O–H groups in total. The highest BCUT2D eigenvalue weighted by atomic mass is 32.1. The van der Waals surface area contributed by atoms with Crippen molar-refractivity contribution >= 4 is 27.5 Å². The van der Waals surface area contributed by atoms with E-state index in [1.54, 1.807) is 11.3 Å². The predicted octanol–water partition coefficient (Wildman–Crippen LogP) is 4.43. The Bertz CT molecular complexity index is 582. The van der Waals surface area contributed by atoms with Crippen LogP contribution in [0.5, 0.6) is 5.88 Å². The zero-order valence-corrected chi connectivity index (χ0v) is 14.0. The fraction of sp³-hybridized carbons (Fsp3) is 0.625. The fourth-order valence-electron chi connectivity index (χ4n) is 2.34. The molecule has 2 aromatic rings. The zero-order valence-electron chi connectivity index (χ0n) is 13.2. The first-order valence-electron chi connectivity index (χ1n) is 7.86. The summed E-state index contributed by atoms with van der Waals surface area (Å²) in [5.41, 5.74) is 5.80. The van der Waals surface area contributed by atoms with Crippen molar-refractivity contribution < 1.29 is 4.74 Å². The van der Waals surface area contributed by atoms with Crippen LogP contribution in [0.4, 0.5) is 5.95 Å². The average molecular weight is 307 g/mol. The van der Waals surface area contributed by atoms with Crippen LogP contribution in [0.3, 0.4) is 0 Å². The second-order valence-corrected chi connectivity index (χ2v) is 6.51. The molecule has 0 aliphatic rings. The van der Waals surface area contributed by atoms with Crippen LogP contribution < -0.4 is 10.5 Å². The first kappa shape index (κ1) is 16.0. The molecule has 0 bridgehead atoms. The van der Waals surface area contributed by atoms with Crippen LogP contribution in [-0.4, -0.2) is 16.6 Å². The van der Waals surface area contributed by atoms with Crippen LogP contribution in [0.1, 0.15) is 51.3 Å². The molecule has 0 saturated carbocycles. The fourth-order valence-corrected chi connectivity index (χ4v) is 3.30. The normalized spacial score (nSPS) is 12.7. The van der Waals surface area contributed by atoms with Crippen LogP contribution in [-0.2, 0) is 6.42 Å². The van der Waals surface area contributed by atoms with E-state index in [4.69, 9.17) is 10.5 Å². The van der Waals surface area contributed by atoms with Gasteiger partial charge in [0, 0.05) is 4.88 Å². The summed E-state index contributed by atoms with van der Waals surface area (Å²) in [6.07, 6.45) is 5.82. The summed E-state index contributed by atoms with van der Waals surface area (Å²) in [6, 6.07) is 2.13. The van der Waals surface area contributed by atoms with Gasteiger partial charge >= 0.3 is 0 Å². The number of fused-ring (bicyclic) bond motifs is 1. The monoisotopic (exact) mass is 307 g/mol. The van der Waals surface area contributed by atoms with Gasteiger partial charge in [-0.25, -0.2) is 4.98 Å². The highest BCUT2D eigenvalue weighted by Gasteiger charge is 2.13. The number of unbranched alkanes of at least 4 members (excludes halogenated alkanes) is 1. The summed E-state index contributed by atoms with van der Waals surface area (Å²) in [6.45, 7) is 7.28. The number of nitrogens with two attached hydrogens (primary N) is 1. The maximum absolute atomic E-state index is 5.98. The van der Waals surface area contributed by atoms with Gasteiger partial charge in [0.15, 0.2) is 0 Å². The molecule has 1 atom stereocenters. The van der Waals surface area contributed by atoms with Gasteiger partial charge in [0.25, 0.3) is 0 Å². The van der Waals surface area contributed by atoms with Gasteiger partial charge in [0.05, 0.1) is 12.0 Å². The lowest BCUT2D eigenvalue weighted by Crippen LogP contribution is -2.12. The van der Waals surface area contributed by atoms with E-state index in [0.717, 1.165) is 23.1 Å². The van der Waals surface area contributed by atoms with Crippen molar-refractivity contribution in [1.29, 1.82) is 0 Å². The molecule has 0 saturated heterocycles. The third kappa shape index (κ3) is 4.06. The Morgan fingerprint density at radius 1 is 1.29 bits per heavy atom. The Hall–Kier alpha value is -1.36. The number of rotatable bonds is 8. The molecule has 0 amide bonds. The molecule has 0 aliphatic heterocycles. The molecule has 0 spiro atoms. The lowest BCUT2D eigenvalue weighted by molar-refractivity contribution is 0.228. The lowest BCUT2D eigenvalue weighted by Gasteiger charge is -2.15. The molecule has 1 unspecified atom stereocenters. The van der Waals surface area contributed by atoms with E-state index in [1.807, 2.05) is 0 Å². The van der Waals surface area contributed by atoms with Gasteiger partial charge in [-0.15, -0.1) is 11.3 Å². The van der Waals surface area contributed by atoms with E-state index in [2.05, 4.69) is 36.8 Å². The lowest BCUT2D eigenvalue weighted by atomic mass is 10.0. The largest absolute Gasteiger partial charge is 0.477 e. The molecule has 0 aliphatic carbocycles. The molecule has 2 rings (SSSR count). The second-order valence-electron chi connectivity index (χ2n) is 5.40. The molecule has 0 aromatic carbocycles. The summed E-state index contributed by atoms with van der Waals surface area (Å²) in [7, 11) is 0. The second kappa shape index (κ2) is 7.59. The number of hydrogen-bond acceptors (Lipinski definition) is 5. The third-order valence-electron chi connectivity index (χ3n) is 3.77.